The van der Waals surface area contributed by atoms with E-state index in [1.54, 1.807) is 19.1 Å². The Morgan fingerprint density at radius 3 is 2.56 bits per heavy atom. The number of esters is 1. The summed E-state index contributed by atoms with van der Waals surface area (Å²) >= 11 is 0. The van der Waals surface area contributed by atoms with E-state index >= 15 is 0 Å². The molecule has 0 aromatic carbocycles. The van der Waals surface area contributed by atoms with Gasteiger partial charge >= 0.3 is 5.97 Å². The van der Waals surface area contributed by atoms with Gasteiger partial charge in [-0.3, -0.25) is 9.78 Å². The first kappa shape index (κ1) is 12.2. The highest BCUT2D eigenvalue weighted by Crippen LogP contribution is 2.00. The number of nitrogens with one attached hydrogen (secondary N) is 1. The molecule has 0 unspecified atom stereocenters. The van der Waals surface area contributed by atoms with Gasteiger partial charge in [0.15, 0.2) is 0 Å². The smallest absolute Gasteiger partial charge is 0.328 e. The second-order valence-electron chi connectivity index (χ2n) is 3.19. The fourth-order valence-corrected chi connectivity index (χ4v) is 1.21. The number of amides is 1. The van der Waals surface area contributed by atoms with Gasteiger partial charge in [-0.1, -0.05) is 6.92 Å². The molecule has 0 aliphatic heterocycles. The summed E-state index contributed by atoms with van der Waals surface area (Å²) in [6, 6.07) is 2.56. The van der Waals surface area contributed by atoms with Crippen LogP contribution in [0.3, 0.4) is 0 Å². The van der Waals surface area contributed by atoms with Crippen LogP contribution in [0, 0.1) is 0 Å². The van der Waals surface area contributed by atoms with Crippen LogP contribution in [0.5, 0.6) is 0 Å². The number of carbonyl (C=O) groups excluding carboxylic acids is 2. The molecule has 86 valence electrons. The van der Waals surface area contributed by atoms with Crippen LogP contribution < -0.4 is 5.32 Å². The SMILES string of the molecule is CC[C@H](NC(=O)c1ccncc1)C(=O)OC. The van der Waals surface area contributed by atoms with E-state index in [1.807, 2.05) is 0 Å². The van der Waals surface area contributed by atoms with Crippen LogP contribution in [0.25, 0.3) is 0 Å². The van der Waals surface area contributed by atoms with Gasteiger partial charge in [0.25, 0.3) is 5.91 Å². The highest BCUT2D eigenvalue weighted by molar-refractivity contribution is 5.96. The van der Waals surface area contributed by atoms with Crippen molar-refractivity contribution in [3.63, 3.8) is 0 Å². The van der Waals surface area contributed by atoms with Gasteiger partial charge in [0.2, 0.25) is 0 Å². The van der Waals surface area contributed by atoms with Gasteiger partial charge < -0.3 is 10.1 Å². The number of nitrogens with zero attached hydrogens (tertiary/aromatic N) is 1. The number of ether oxygens (including phenoxy) is 1. The minimum atomic E-state index is -0.606. The highest BCUT2D eigenvalue weighted by Gasteiger charge is 2.19. The van der Waals surface area contributed by atoms with E-state index < -0.39 is 12.0 Å². The summed E-state index contributed by atoms with van der Waals surface area (Å²) in [5.74, 6) is -0.746. The van der Waals surface area contributed by atoms with Crippen molar-refractivity contribution < 1.29 is 14.3 Å². The van der Waals surface area contributed by atoms with E-state index in [-0.39, 0.29) is 5.91 Å². The zero-order valence-electron chi connectivity index (χ0n) is 9.27. The molecular weight excluding hydrogens is 208 g/mol. The van der Waals surface area contributed by atoms with Gasteiger partial charge in [-0.2, -0.15) is 0 Å². The first-order valence-corrected chi connectivity index (χ1v) is 4.97. The molecule has 1 N–H and O–H groups in total. The summed E-state index contributed by atoms with van der Waals surface area (Å²) in [5.41, 5.74) is 0.470. The third kappa shape index (κ3) is 3.05. The second kappa shape index (κ2) is 5.85. The minimum absolute atomic E-state index is 0.306. The molecule has 1 rings (SSSR count). The molecular formula is C11H14N2O3. The Kier molecular flexibility index (Phi) is 4.44. The quantitative estimate of drug-likeness (QED) is 0.764. The van der Waals surface area contributed by atoms with E-state index in [0.717, 1.165) is 0 Å². The van der Waals surface area contributed by atoms with Gasteiger partial charge in [0.05, 0.1) is 7.11 Å². The van der Waals surface area contributed by atoms with Crippen molar-refractivity contribution >= 4 is 11.9 Å². The van der Waals surface area contributed by atoms with Gasteiger partial charge in [0, 0.05) is 18.0 Å². The maximum Gasteiger partial charge on any atom is 0.328 e. The molecule has 0 aliphatic carbocycles. The summed E-state index contributed by atoms with van der Waals surface area (Å²) in [4.78, 5) is 26.8. The molecule has 0 spiro atoms. The summed E-state index contributed by atoms with van der Waals surface area (Å²) in [6.07, 6.45) is 3.53. The molecule has 5 nitrogen and oxygen atoms in total. The zero-order chi connectivity index (χ0) is 12.0. The van der Waals surface area contributed by atoms with Crippen molar-refractivity contribution in [2.75, 3.05) is 7.11 Å². The van der Waals surface area contributed by atoms with Gasteiger partial charge in [-0.05, 0) is 18.6 Å². The molecule has 16 heavy (non-hydrogen) atoms. The van der Waals surface area contributed by atoms with E-state index in [2.05, 4.69) is 15.0 Å². The minimum Gasteiger partial charge on any atom is -0.467 e. The Bertz CT molecular complexity index is 365. The molecule has 1 aromatic heterocycles. The normalized spacial score (nSPS) is 11.6. The molecule has 0 radical (unpaired) electrons. The van der Waals surface area contributed by atoms with E-state index in [1.165, 1.54) is 19.5 Å². The van der Waals surface area contributed by atoms with Crippen LogP contribution in [0.4, 0.5) is 0 Å². The summed E-state index contributed by atoms with van der Waals surface area (Å²) in [5, 5.41) is 2.59. The Morgan fingerprint density at radius 2 is 2.06 bits per heavy atom. The second-order valence-corrected chi connectivity index (χ2v) is 3.19. The number of carbonyl (C=O) groups is 2. The average Bonchev–Trinajstić information content (AvgIpc) is 2.35. The van der Waals surface area contributed by atoms with E-state index in [0.29, 0.717) is 12.0 Å². The Labute approximate surface area is 93.8 Å². The molecule has 5 heteroatoms. The first-order chi connectivity index (χ1) is 7.69. The van der Waals surface area contributed by atoms with Crippen LogP contribution in [0.2, 0.25) is 0 Å². The van der Waals surface area contributed by atoms with Crippen molar-refractivity contribution in [3.8, 4) is 0 Å². The molecule has 1 amide bonds. The lowest BCUT2D eigenvalue weighted by Gasteiger charge is -2.14. The van der Waals surface area contributed by atoms with Crippen molar-refractivity contribution in [2.24, 2.45) is 0 Å². The standard InChI is InChI=1S/C11H14N2O3/c1-3-9(11(15)16-2)13-10(14)8-4-6-12-7-5-8/h4-7,9H,3H2,1-2H3,(H,13,14)/t9-/m0/s1. The third-order valence-electron chi connectivity index (χ3n) is 2.14. The first-order valence-electron chi connectivity index (χ1n) is 4.97. The number of methoxy groups -OCH3 is 1. The lowest BCUT2D eigenvalue weighted by molar-refractivity contribution is -0.142. The molecule has 0 saturated carbocycles. The number of rotatable bonds is 4. The van der Waals surface area contributed by atoms with Crippen LogP contribution in [0.15, 0.2) is 24.5 Å². The predicted octanol–water partition coefficient (Wildman–Crippen LogP) is 0.763. The molecule has 0 fully saturated rings. The largest absolute Gasteiger partial charge is 0.467 e. The van der Waals surface area contributed by atoms with Gasteiger partial charge in [0.1, 0.15) is 6.04 Å². The molecule has 0 bridgehead atoms. The lowest BCUT2D eigenvalue weighted by Crippen LogP contribution is -2.41. The van der Waals surface area contributed by atoms with Crippen molar-refractivity contribution in [1.82, 2.24) is 10.3 Å². The van der Waals surface area contributed by atoms with Crippen LogP contribution in [0.1, 0.15) is 23.7 Å². The lowest BCUT2D eigenvalue weighted by atomic mass is 10.2. The van der Waals surface area contributed by atoms with Gasteiger partial charge in [-0.25, -0.2) is 4.79 Å². The maximum absolute atomic E-state index is 11.7. The molecule has 0 aliphatic rings. The highest BCUT2D eigenvalue weighted by atomic mass is 16.5. The molecule has 1 atom stereocenters. The van der Waals surface area contributed by atoms with Crippen molar-refractivity contribution in [2.45, 2.75) is 19.4 Å². The fraction of sp³-hybridized carbons (Fsp3) is 0.364. The van der Waals surface area contributed by atoms with Crippen LogP contribution in [-0.2, 0) is 9.53 Å². The monoisotopic (exact) mass is 222 g/mol. The zero-order valence-corrected chi connectivity index (χ0v) is 9.27. The fourth-order valence-electron chi connectivity index (χ4n) is 1.21. The summed E-state index contributed by atoms with van der Waals surface area (Å²) in [7, 11) is 1.30. The molecule has 0 saturated heterocycles. The van der Waals surface area contributed by atoms with Crippen molar-refractivity contribution in [3.05, 3.63) is 30.1 Å². The third-order valence-corrected chi connectivity index (χ3v) is 2.14. The molecule has 1 heterocycles. The Hall–Kier alpha value is -1.91. The Balaban J connectivity index is 2.66. The number of aromatic nitrogens is 1. The summed E-state index contributed by atoms with van der Waals surface area (Å²) in [6.45, 7) is 1.80. The number of pyridine rings is 1. The number of hydrogen-bond acceptors (Lipinski definition) is 4. The van der Waals surface area contributed by atoms with Crippen molar-refractivity contribution in [1.29, 1.82) is 0 Å². The molecule has 1 aromatic rings. The topological polar surface area (TPSA) is 68.3 Å². The van der Waals surface area contributed by atoms with Gasteiger partial charge in [-0.15, -0.1) is 0 Å². The van der Waals surface area contributed by atoms with Crippen LogP contribution >= 0.6 is 0 Å². The van der Waals surface area contributed by atoms with E-state index in [9.17, 15) is 9.59 Å². The van der Waals surface area contributed by atoms with Crippen LogP contribution in [-0.4, -0.2) is 30.0 Å². The maximum atomic E-state index is 11.7. The summed E-state index contributed by atoms with van der Waals surface area (Å²) < 4.78 is 4.57. The predicted molar refractivity (Wildman–Crippen MR) is 57.8 cm³/mol. The Morgan fingerprint density at radius 1 is 1.44 bits per heavy atom. The number of hydrogen-bond donors (Lipinski definition) is 1. The van der Waals surface area contributed by atoms with E-state index in [4.69, 9.17) is 0 Å². The average molecular weight is 222 g/mol.